The number of aromatic nitrogens is 1. The molecule has 3 aromatic rings. The number of benzene rings is 2. The van der Waals surface area contributed by atoms with Crippen LogP contribution < -0.4 is 5.32 Å². The fourth-order valence-corrected chi connectivity index (χ4v) is 4.72. The van der Waals surface area contributed by atoms with Crippen molar-refractivity contribution in [1.29, 1.82) is 0 Å². The molecule has 0 spiro atoms. The SMILES string of the molecule is Cc1cc(Cl)ccc1-c1nc2c(C(=O)NC3CN4CCC3CC4)cccc2o1. The van der Waals surface area contributed by atoms with Crippen molar-refractivity contribution in [2.75, 3.05) is 19.6 Å². The predicted molar refractivity (Wildman–Crippen MR) is 110 cm³/mol. The lowest BCUT2D eigenvalue weighted by atomic mass is 9.84. The quantitative estimate of drug-likeness (QED) is 0.719. The summed E-state index contributed by atoms with van der Waals surface area (Å²) in [5.41, 5.74) is 3.65. The Morgan fingerprint density at radius 3 is 2.79 bits per heavy atom. The highest BCUT2D eigenvalue weighted by atomic mass is 35.5. The van der Waals surface area contributed by atoms with E-state index in [-0.39, 0.29) is 11.9 Å². The van der Waals surface area contributed by atoms with Crippen molar-refractivity contribution in [3.8, 4) is 11.5 Å². The van der Waals surface area contributed by atoms with Crippen LogP contribution in [0, 0.1) is 12.8 Å². The molecule has 2 aromatic carbocycles. The van der Waals surface area contributed by atoms with Gasteiger partial charge in [-0.3, -0.25) is 4.79 Å². The van der Waals surface area contributed by atoms with Crippen LogP contribution in [0.2, 0.25) is 5.02 Å². The number of aryl methyl sites for hydroxylation is 1. The molecule has 3 fully saturated rings. The molecule has 3 aliphatic rings. The van der Waals surface area contributed by atoms with Crippen LogP contribution in [-0.4, -0.2) is 41.5 Å². The van der Waals surface area contributed by atoms with E-state index in [1.807, 2.05) is 43.3 Å². The van der Waals surface area contributed by atoms with E-state index in [4.69, 9.17) is 16.0 Å². The lowest BCUT2D eigenvalue weighted by molar-refractivity contribution is 0.0621. The Bertz CT molecular complexity index is 1050. The number of carbonyl (C=O) groups is 1. The highest BCUT2D eigenvalue weighted by molar-refractivity contribution is 6.30. The van der Waals surface area contributed by atoms with Crippen LogP contribution in [0.25, 0.3) is 22.6 Å². The van der Waals surface area contributed by atoms with E-state index in [0.717, 1.165) is 30.8 Å². The number of hydrogen-bond acceptors (Lipinski definition) is 4. The Morgan fingerprint density at radius 1 is 1.25 bits per heavy atom. The maximum Gasteiger partial charge on any atom is 0.253 e. The van der Waals surface area contributed by atoms with E-state index >= 15 is 0 Å². The fourth-order valence-electron chi connectivity index (χ4n) is 4.49. The molecule has 144 valence electrons. The standard InChI is InChI=1S/C22H22ClN3O2/c1-13-11-15(23)5-6-16(13)22-25-20-17(3-2-4-19(20)28-22)21(27)24-18-12-26-9-7-14(18)8-10-26/h2-6,11,14,18H,7-10,12H2,1H3,(H,24,27). The van der Waals surface area contributed by atoms with Gasteiger partial charge in [0.05, 0.1) is 5.56 Å². The van der Waals surface area contributed by atoms with Gasteiger partial charge in [-0.05, 0) is 74.7 Å². The zero-order valence-electron chi connectivity index (χ0n) is 15.7. The van der Waals surface area contributed by atoms with Crippen LogP contribution in [0.1, 0.15) is 28.8 Å². The first-order valence-corrected chi connectivity index (χ1v) is 10.2. The maximum atomic E-state index is 13.0. The van der Waals surface area contributed by atoms with Crippen LogP contribution in [0.15, 0.2) is 40.8 Å². The summed E-state index contributed by atoms with van der Waals surface area (Å²) in [6, 6.07) is 11.3. The Hall–Kier alpha value is -2.37. The van der Waals surface area contributed by atoms with Gasteiger partial charge in [0.1, 0.15) is 5.52 Å². The molecule has 6 rings (SSSR count). The maximum absolute atomic E-state index is 13.0. The highest BCUT2D eigenvalue weighted by Crippen LogP contribution is 2.31. The van der Waals surface area contributed by atoms with Gasteiger partial charge in [0.25, 0.3) is 5.91 Å². The summed E-state index contributed by atoms with van der Waals surface area (Å²) in [4.78, 5) is 20.1. The van der Waals surface area contributed by atoms with Crippen molar-refractivity contribution in [1.82, 2.24) is 15.2 Å². The molecule has 28 heavy (non-hydrogen) atoms. The zero-order chi connectivity index (χ0) is 19.3. The van der Waals surface area contributed by atoms with Crippen LogP contribution in [-0.2, 0) is 0 Å². The molecule has 1 amide bonds. The van der Waals surface area contributed by atoms with Crippen LogP contribution in [0.3, 0.4) is 0 Å². The molecular weight excluding hydrogens is 374 g/mol. The van der Waals surface area contributed by atoms with Gasteiger partial charge in [-0.25, -0.2) is 4.98 Å². The summed E-state index contributed by atoms with van der Waals surface area (Å²) in [7, 11) is 0. The number of fused-ring (bicyclic) bond motifs is 4. The molecule has 6 heteroatoms. The second-order valence-corrected chi connectivity index (χ2v) is 8.29. The summed E-state index contributed by atoms with van der Waals surface area (Å²) in [6.07, 6.45) is 2.33. The molecule has 3 aliphatic heterocycles. The minimum absolute atomic E-state index is 0.0722. The van der Waals surface area contributed by atoms with Crippen molar-refractivity contribution in [3.05, 3.63) is 52.5 Å². The molecule has 1 atom stereocenters. The van der Waals surface area contributed by atoms with Crippen molar-refractivity contribution in [2.45, 2.75) is 25.8 Å². The average Bonchev–Trinajstić information content (AvgIpc) is 3.12. The summed E-state index contributed by atoms with van der Waals surface area (Å²) in [6.45, 7) is 5.22. The van der Waals surface area contributed by atoms with Crippen LogP contribution >= 0.6 is 11.6 Å². The van der Waals surface area contributed by atoms with Crippen LogP contribution in [0.4, 0.5) is 0 Å². The predicted octanol–water partition coefficient (Wildman–Crippen LogP) is 4.28. The first-order valence-electron chi connectivity index (χ1n) is 9.78. The van der Waals surface area contributed by atoms with Gasteiger partial charge in [-0.2, -0.15) is 0 Å². The number of piperidine rings is 3. The monoisotopic (exact) mass is 395 g/mol. The molecule has 0 radical (unpaired) electrons. The van der Waals surface area contributed by atoms with E-state index in [0.29, 0.717) is 33.5 Å². The Balaban J connectivity index is 1.46. The normalized spacial score (nSPS) is 23.9. The Morgan fingerprint density at radius 2 is 2.07 bits per heavy atom. The van der Waals surface area contributed by atoms with Crippen molar-refractivity contribution < 1.29 is 9.21 Å². The van der Waals surface area contributed by atoms with Gasteiger partial charge in [-0.15, -0.1) is 0 Å². The smallest absolute Gasteiger partial charge is 0.253 e. The third-order valence-electron chi connectivity index (χ3n) is 6.06. The average molecular weight is 396 g/mol. The molecular formula is C22H22ClN3O2. The summed E-state index contributed by atoms with van der Waals surface area (Å²) < 4.78 is 5.96. The molecule has 2 bridgehead atoms. The number of amides is 1. The number of rotatable bonds is 3. The molecule has 0 aliphatic carbocycles. The van der Waals surface area contributed by atoms with E-state index in [2.05, 4.69) is 15.2 Å². The van der Waals surface area contributed by atoms with E-state index in [9.17, 15) is 4.79 Å². The van der Waals surface area contributed by atoms with Gasteiger partial charge in [-0.1, -0.05) is 17.7 Å². The minimum atomic E-state index is -0.0722. The largest absolute Gasteiger partial charge is 0.436 e. The number of nitrogens with one attached hydrogen (secondary N) is 1. The minimum Gasteiger partial charge on any atom is -0.436 e. The molecule has 1 aromatic heterocycles. The third kappa shape index (κ3) is 3.09. The first kappa shape index (κ1) is 17.7. The fraction of sp³-hybridized carbons (Fsp3) is 0.364. The van der Waals surface area contributed by atoms with Gasteiger partial charge in [0.15, 0.2) is 5.58 Å². The van der Waals surface area contributed by atoms with Crippen molar-refractivity contribution in [3.63, 3.8) is 0 Å². The summed E-state index contributed by atoms with van der Waals surface area (Å²) >= 11 is 6.06. The van der Waals surface area contributed by atoms with E-state index < -0.39 is 0 Å². The second kappa shape index (κ2) is 6.90. The summed E-state index contributed by atoms with van der Waals surface area (Å²) in [5.74, 6) is 1.02. The van der Waals surface area contributed by atoms with Crippen molar-refractivity contribution >= 4 is 28.6 Å². The van der Waals surface area contributed by atoms with Gasteiger partial charge in [0.2, 0.25) is 5.89 Å². The zero-order valence-corrected chi connectivity index (χ0v) is 16.5. The van der Waals surface area contributed by atoms with E-state index in [1.54, 1.807) is 0 Å². The number of hydrogen-bond donors (Lipinski definition) is 1. The number of nitrogens with zero attached hydrogens (tertiary/aromatic N) is 2. The van der Waals surface area contributed by atoms with Gasteiger partial charge in [0, 0.05) is 23.2 Å². The Kier molecular flexibility index (Phi) is 4.37. The second-order valence-electron chi connectivity index (χ2n) is 7.85. The molecule has 1 N–H and O–H groups in total. The molecule has 4 heterocycles. The van der Waals surface area contributed by atoms with Gasteiger partial charge >= 0.3 is 0 Å². The van der Waals surface area contributed by atoms with Gasteiger partial charge < -0.3 is 14.6 Å². The van der Waals surface area contributed by atoms with E-state index in [1.165, 1.54) is 12.8 Å². The topological polar surface area (TPSA) is 58.4 Å². The number of oxazole rings is 1. The molecule has 1 unspecified atom stereocenters. The van der Waals surface area contributed by atoms with Crippen molar-refractivity contribution in [2.24, 2.45) is 5.92 Å². The first-order chi connectivity index (χ1) is 13.6. The number of carbonyl (C=O) groups excluding carboxylic acids is 1. The molecule has 0 saturated carbocycles. The third-order valence-corrected chi connectivity index (χ3v) is 6.29. The van der Waals surface area contributed by atoms with Crippen LogP contribution in [0.5, 0.6) is 0 Å². The summed E-state index contributed by atoms with van der Waals surface area (Å²) in [5, 5.41) is 3.92. The lowest BCUT2D eigenvalue weighted by Gasteiger charge is -2.44. The Labute approximate surface area is 168 Å². The molecule has 3 saturated heterocycles. The highest BCUT2D eigenvalue weighted by Gasteiger charge is 2.35. The number of para-hydroxylation sites is 1. The molecule has 5 nitrogen and oxygen atoms in total. The number of halogens is 1. The lowest BCUT2D eigenvalue weighted by Crippen LogP contribution is -2.57.